The Morgan fingerprint density at radius 1 is 1.41 bits per heavy atom. The number of hydrogen-bond acceptors (Lipinski definition) is 3. The molecule has 4 heteroatoms. The molecule has 0 aromatic heterocycles. The minimum Gasteiger partial charge on any atom is -0.447 e. The highest BCUT2D eigenvalue weighted by Crippen LogP contribution is 2.22. The quantitative estimate of drug-likeness (QED) is 0.786. The average Bonchev–Trinajstić information content (AvgIpc) is 2.68. The molecule has 1 aliphatic heterocycles. The van der Waals surface area contributed by atoms with Crippen molar-refractivity contribution in [1.29, 1.82) is 0 Å². The van der Waals surface area contributed by atoms with Crippen LogP contribution in [-0.4, -0.2) is 29.5 Å². The highest BCUT2D eigenvalue weighted by atomic mass is 16.6. The summed E-state index contributed by atoms with van der Waals surface area (Å²) in [7, 11) is 0. The van der Waals surface area contributed by atoms with Crippen molar-refractivity contribution in [3.8, 4) is 0 Å². The zero-order valence-electron chi connectivity index (χ0n) is 9.92. The van der Waals surface area contributed by atoms with Crippen LogP contribution in [0.2, 0.25) is 0 Å². The zero-order chi connectivity index (χ0) is 12.4. The van der Waals surface area contributed by atoms with E-state index in [1.54, 1.807) is 13.8 Å². The number of carbonyl (C=O) groups is 2. The topological polar surface area (TPSA) is 46.6 Å². The van der Waals surface area contributed by atoms with Gasteiger partial charge < -0.3 is 4.74 Å². The first-order valence-corrected chi connectivity index (χ1v) is 5.66. The Morgan fingerprint density at radius 2 is 2.06 bits per heavy atom. The molecule has 17 heavy (non-hydrogen) atoms. The summed E-state index contributed by atoms with van der Waals surface area (Å²) in [5.41, 5.74) is 0.907. The number of benzene rings is 1. The Morgan fingerprint density at radius 3 is 2.59 bits per heavy atom. The third kappa shape index (κ3) is 2.16. The lowest BCUT2D eigenvalue weighted by atomic mass is 9.99. The maximum absolute atomic E-state index is 12.2. The van der Waals surface area contributed by atoms with Gasteiger partial charge in [-0.3, -0.25) is 4.79 Å². The molecule has 1 aromatic rings. The van der Waals surface area contributed by atoms with Gasteiger partial charge >= 0.3 is 6.09 Å². The maximum Gasteiger partial charge on any atom is 0.416 e. The van der Waals surface area contributed by atoms with Gasteiger partial charge in [-0.1, -0.05) is 30.3 Å². The molecule has 0 aliphatic carbocycles. The predicted octanol–water partition coefficient (Wildman–Crippen LogP) is 2.16. The molecule has 0 radical (unpaired) electrons. The Balaban J connectivity index is 2.18. The van der Waals surface area contributed by atoms with E-state index in [1.807, 2.05) is 30.3 Å². The van der Waals surface area contributed by atoms with Gasteiger partial charge in [0, 0.05) is 0 Å². The lowest BCUT2D eigenvalue weighted by Gasteiger charge is -2.20. The van der Waals surface area contributed by atoms with E-state index in [0.717, 1.165) is 5.56 Å². The number of amides is 2. The average molecular weight is 233 g/mol. The summed E-state index contributed by atoms with van der Waals surface area (Å²) < 4.78 is 4.85. The molecule has 0 spiro atoms. The third-order valence-electron chi connectivity index (χ3n) is 2.99. The van der Waals surface area contributed by atoms with Crippen molar-refractivity contribution in [2.24, 2.45) is 0 Å². The fourth-order valence-electron chi connectivity index (χ4n) is 1.92. The molecular weight excluding hydrogens is 218 g/mol. The summed E-state index contributed by atoms with van der Waals surface area (Å²) in [5, 5.41) is 0. The SMILES string of the molecule is C[C@@H]1COC(=O)N1C(=O)[C@H](C)c1ccccc1. The van der Waals surface area contributed by atoms with Crippen LogP contribution in [0.25, 0.3) is 0 Å². The highest BCUT2D eigenvalue weighted by molar-refractivity contribution is 5.96. The van der Waals surface area contributed by atoms with Gasteiger partial charge in [-0.05, 0) is 19.4 Å². The van der Waals surface area contributed by atoms with Gasteiger partial charge in [0.25, 0.3) is 0 Å². The second kappa shape index (κ2) is 4.57. The van der Waals surface area contributed by atoms with E-state index in [4.69, 9.17) is 4.74 Å². The van der Waals surface area contributed by atoms with Crippen LogP contribution in [0, 0.1) is 0 Å². The van der Waals surface area contributed by atoms with Gasteiger partial charge in [-0.2, -0.15) is 0 Å². The van der Waals surface area contributed by atoms with Gasteiger partial charge in [-0.15, -0.1) is 0 Å². The third-order valence-corrected chi connectivity index (χ3v) is 2.99. The summed E-state index contributed by atoms with van der Waals surface area (Å²) in [4.78, 5) is 24.8. The second-order valence-electron chi connectivity index (χ2n) is 4.27. The number of carbonyl (C=O) groups excluding carboxylic acids is 2. The number of imide groups is 1. The van der Waals surface area contributed by atoms with Gasteiger partial charge in [0.1, 0.15) is 6.61 Å². The monoisotopic (exact) mass is 233 g/mol. The van der Waals surface area contributed by atoms with Crippen LogP contribution < -0.4 is 0 Å². The van der Waals surface area contributed by atoms with E-state index < -0.39 is 6.09 Å². The lowest BCUT2D eigenvalue weighted by molar-refractivity contribution is -0.130. The first kappa shape index (κ1) is 11.6. The van der Waals surface area contributed by atoms with Crippen molar-refractivity contribution >= 4 is 12.0 Å². The summed E-state index contributed by atoms with van der Waals surface area (Å²) in [6.45, 7) is 3.89. The molecule has 1 heterocycles. The first-order valence-electron chi connectivity index (χ1n) is 5.66. The number of ether oxygens (including phenoxy) is 1. The molecule has 0 bridgehead atoms. The molecule has 1 saturated heterocycles. The van der Waals surface area contributed by atoms with Crippen LogP contribution >= 0.6 is 0 Å². The molecule has 1 aliphatic rings. The Hall–Kier alpha value is -1.84. The van der Waals surface area contributed by atoms with Gasteiger partial charge in [-0.25, -0.2) is 9.69 Å². The van der Waals surface area contributed by atoms with Gasteiger partial charge in [0.05, 0.1) is 12.0 Å². The minimum absolute atomic E-state index is 0.179. The largest absolute Gasteiger partial charge is 0.447 e. The fraction of sp³-hybridized carbons (Fsp3) is 0.385. The summed E-state index contributed by atoms with van der Waals surface area (Å²) in [5.74, 6) is -0.532. The van der Waals surface area contributed by atoms with Crippen molar-refractivity contribution in [2.75, 3.05) is 6.61 Å². The summed E-state index contributed by atoms with van der Waals surface area (Å²) in [6.07, 6.45) is -0.537. The molecule has 0 saturated carbocycles. The minimum atomic E-state index is -0.537. The molecule has 0 unspecified atom stereocenters. The lowest BCUT2D eigenvalue weighted by Crippen LogP contribution is -2.39. The number of nitrogens with zero attached hydrogens (tertiary/aromatic N) is 1. The van der Waals surface area contributed by atoms with Crippen LogP contribution in [-0.2, 0) is 9.53 Å². The Bertz CT molecular complexity index is 430. The normalized spacial score (nSPS) is 21.2. The molecule has 4 nitrogen and oxygen atoms in total. The van der Waals surface area contributed by atoms with Crippen molar-refractivity contribution in [3.05, 3.63) is 35.9 Å². The van der Waals surface area contributed by atoms with Crippen LogP contribution in [0.4, 0.5) is 4.79 Å². The number of hydrogen-bond donors (Lipinski definition) is 0. The standard InChI is InChI=1S/C13H15NO3/c1-9-8-17-13(16)14(9)12(15)10(2)11-6-4-3-5-7-11/h3-7,9-10H,8H2,1-2H3/t9-,10-/m1/s1. The molecule has 1 aromatic carbocycles. The van der Waals surface area contributed by atoms with E-state index in [2.05, 4.69) is 0 Å². The molecule has 90 valence electrons. The zero-order valence-corrected chi connectivity index (χ0v) is 9.92. The van der Waals surface area contributed by atoms with E-state index in [1.165, 1.54) is 4.90 Å². The van der Waals surface area contributed by atoms with Crippen molar-refractivity contribution in [3.63, 3.8) is 0 Å². The fourth-order valence-corrected chi connectivity index (χ4v) is 1.92. The van der Waals surface area contributed by atoms with Gasteiger partial charge in [0.2, 0.25) is 5.91 Å². The predicted molar refractivity (Wildman–Crippen MR) is 62.5 cm³/mol. The highest BCUT2D eigenvalue weighted by Gasteiger charge is 2.37. The van der Waals surface area contributed by atoms with E-state index in [-0.39, 0.29) is 24.5 Å². The molecule has 0 N–H and O–H groups in total. The summed E-state index contributed by atoms with van der Waals surface area (Å²) >= 11 is 0. The first-order chi connectivity index (χ1) is 8.11. The second-order valence-corrected chi connectivity index (χ2v) is 4.27. The Kier molecular flexibility index (Phi) is 3.13. The van der Waals surface area contributed by atoms with Crippen molar-refractivity contribution in [2.45, 2.75) is 25.8 Å². The van der Waals surface area contributed by atoms with E-state index >= 15 is 0 Å². The number of rotatable bonds is 2. The Labute approximate surface area is 100 Å². The van der Waals surface area contributed by atoms with Crippen LogP contribution in [0.5, 0.6) is 0 Å². The summed E-state index contributed by atoms with van der Waals surface area (Å²) in [6, 6.07) is 9.24. The van der Waals surface area contributed by atoms with Gasteiger partial charge in [0.15, 0.2) is 0 Å². The molecule has 2 amide bonds. The molecule has 2 atom stereocenters. The molecular formula is C13H15NO3. The molecule has 1 fully saturated rings. The maximum atomic E-state index is 12.2. The van der Waals surface area contributed by atoms with Crippen LogP contribution in [0.15, 0.2) is 30.3 Å². The smallest absolute Gasteiger partial charge is 0.416 e. The van der Waals surface area contributed by atoms with Crippen molar-refractivity contribution in [1.82, 2.24) is 4.90 Å². The number of cyclic esters (lactones) is 1. The van der Waals surface area contributed by atoms with E-state index in [0.29, 0.717) is 0 Å². The van der Waals surface area contributed by atoms with Crippen molar-refractivity contribution < 1.29 is 14.3 Å². The van der Waals surface area contributed by atoms with E-state index in [9.17, 15) is 9.59 Å². The molecule has 2 rings (SSSR count). The van der Waals surface area contributed by atoms with Crippen LogP contribution in [0.1, 0.15) is 25.3 Å². The van der Waals surface area contributed by atoms with Crippen LogP contribution in [0.3, 0.4) is 0 Å².